The number of carbonyl (C=O) groups is 1. The van der Waals surface area contributed by atoms with Gasteiger partial charge in [0.15, 0.2) is 0 Å². The molecule has 0 fully saturated rings. The van der Waals surface area contributed by atoms with Crippen molar-refractivity contribution in [3.05, 3.63) is 47.4 Å². The van der Waals surface area contributed by atoms with Gasteiger partial charge in [-0.1, -0.05) is 6.07 Å². The fourth-order valence-corrected chi connectivity index (χ4v) is 1.85. The zero-order chi connectivity index (χ0) is 16.8. The Bertz CT molecular complexity index is 690. The fourth-order valence-electron chi connectivity index (χ4n) is 1.85. The smallest absolute Gasteiger partial charge is 0.274 e. The number of halogens is 2. The molecule has 1 heterocycles. The first-order valence-electron chi connectivity index (χ1n) is 6.85. The molecule has 0 saturated heterocycles. The lowest BCUT2D eigenvalue weighted by molar-refractivity contribution is 0.102. The van der Waals surface area contributed by atoms with Crippen LogP contribution in [0, 0.1) is 18.6 Å². The highest BCUT2D eigenvalue weighted by molar-refractivity contribution is 6.03. The number of aromatic nitrogens is 2. The number of nitrogens with zero attached hydrogens (tertiary/aromatic N) is 2. The Hall–Kier alpha value is -2.61. The lowest BCUT2D eigenvalue weighted by atomic mass is 10.2. The van der Waals surface area contributed by atoms with Crippen molar-refractivity contribution in [1.82, 2.24) is 9.97 Å². The van der Waals surface area contributed by atoms with Gasteiger partial charge in [-0.15, -0.1) is 0 Å². The molecular formula is C15H16F2N4O2. The summed E-state index contributed by atoms with van der Waals surface area (Å²) in [5.74, 6) is -1.67. The quantitative estimate of drug-likeness (QED) is 0.799. The average molecular weight is 322 g/mol. The van der Waals surface area contributed by atoms with Crippen molar-refractivity contribution in [2.24, 2.45) is 0 Å². The molecule has 0 spiro atoms. The summed E-state index contributed by atoms with van der Waals surface area (Å²) in [6.45, 7) is 2.57. The topological polar surface area (TPSA) is 76.1 Å². The number of carbonyl (C=O) groups excluding carboxylic acids is 1. The second kappa shape index (κ2) is 7.59. The van der Waals surface area contributed by atoms with Crippen molar-refractivity contribution in [2.45, 2.75) is 6.92 Å². The Kier molecular flexibility index (Phi) is 5.53. The van der Waals surface area contributed by atoms with Crippen molar-refractivity contribution < 1.29 is 18.3 Å². The summed E-state index contributed by atoms with van der Waals surface area (Å²) in [5, 5.41) is 5.15. The first kappa shape index (κ1) is 16.8. The van der Waals surface area contributed by atoms with Gasteiger partial charge in [0.2, 0.25) is 0 Å². The Balaban J connectivity index is 2.18. The lowest BCUT2D eigenvalue weighted by Crippen LogP contribution is -2.18. The normalized spacial score (nSPS) is 10.4. The SMILES string of the molecule is COCCNc1cc(C(=O)Nc2c(F)cccc2F)nc(C)n1. The van der Waals surface area contributed by atoms with Crippen LogP contribution in [0.25, 0.3) is 0 Å². The van der Waals surface area contributed by atoms with E-state index in [9.17, 15) is 13.6 Å². The van der Waals surface area contributed by atoms with E-state index in [4.69, 9.17) is 4.74 Å². The molecule has 122 valence electrons. The van der Waals surface area contributed by atoms with Gasteiger partial charge in [0.25, 0.3) is 5.91 Å². The minimum absolute atomic E-state index is 0.0000647. The number of anilines is 2. The van der Waals surface area contributed by atoms with E-state index in [2.05, 4.69) is 20.6 Å². The molecule has 0 atom stereocenters. The van der Waals surface area contributed by atoms with Crippen LogP contribution in [0.3, 0.4) is 0 Å². The Morgan fingerprint density at radius 1 is 1.26 bits per heavy atom. The third-order valence-electron chi connectivity index (χ3n) is 2.88. The fraction of sp³-hybridized carbons (Fsp3) is 0.267. The number of hydrogen-bond acceptors (Lipinski definition) is 5. The molecule has 6 nitrogen and oxygen atoms in total. The minimum Gasteiger partial charge on any atom is -0.383 e. The lowest BCUT2D eigenvalue weighted by Gasteiger charge is -2.10. The zero-order valence-corrected chi connectivity index (χ0v) is 12.7. The molecule has 23 heavy (non-hydrogen) atoms. The first-order chi connectivity index (χ1) is 11.0. The maximum atomic E-state index is 13.6. The molecule has 0 unspecified atom stereocenters. The van der Waals surface area contributed by atoms with E-state index in [1.807, 2.05) is 0 Å². The molecule has 2 rings (SSSR count). The number of benzene rings is 1. The molecule has 0 aliphatic carbocycles. The van der Waals surface area contributed by atoms with Gasteiger partial charge in [0.05, 0.1) is 6.61 Å². The predicted molar refractivity (Wildman–Crippen MR) is 81.4 cm³/mol. The molecule has 2 N–H and O–H groups in total. The average Bonchev–Trinajstić information content (AvgIpc) is 2.50. The van der Waals surface area contributed by atoms with Gasteiger partial charge >= 0.3 is 0 Å². The van der Waals surface area contributed by atoms with E-state index >= 15 is 0 Å². The van der Waals surface area contributed by atoms with Crippen molar-refractivity contribution >= 4 is 17.4 Å². The number of ether oxygens (including phenoxy) is 1. The second-order valence-corrected chi connectivity index (χ2v) is 4.66. The predicted octanol–water partition coefficient (Wildman–Crippen LogP) is 2.37. The van der Waals surface area contributed by atoms with Crippen LogP contribution in [0.5, 0.6) is 0 Å². The molecule has 0 aliphatic rings. The zero-order valence-electron chi connectivity index (χ0n) is 12.7. The van der Waals surface area contributed by atoms with Gasteiger partial charge in [-0.25, -0.2) is 18.7 Å². The van der Waals surface area contributed by atoms with E-state index in [1.54, 1.807) is 14.0 Å². The summed E-state index contributed by atoms with van der Waals surface area (Å²) in [4.78, 5) is 20.3. The largest absolute Gasteiger partial charge is 0.383 e. The number of nitrogens with one attached hydrogen (secondary N) is 2. The molecule has 1 amide bonds. The highest BCUT2D eigenvalue weighted by Crippen LogP contribution is 2.19. The van der Waals surface area contributed by atoms with Crippen LogP contribution in [0.2, 0.25) is 0 Å². The van der Waals surface area contributed by atoms with Crippen LogP contribution in [0.15, 0.2) is 24.3 Å². The number of aryl methyl sites for hydroxylation is 1. The molecule has 1 aromatic heterocycles. The van der Waals surface area contributed by atoms with Crippen LogP contribution in [0.4, 0.5) is 20.3 Å². The molecule has 0 aliphatic heterocycles. The van der Waals surface area contributed by atoms with Gasteiger partial charge in [-0.05, 0) is 19.1 Å². The highest BCUT2D eigenvalue weighted by atomic mass is 19.1. The summed E-state index contributed by atoms with van der Waals surface area (Å²) in [7, 11) is 1.56. The number of amides is 1. The van der Waals surface area contributed by atoms with Crippen LogP contribution < -0.4 is 10.6 Å². The van der Waals surface area contributed by atoms with Crippen LogP contribution in [-0.4, -0.2) is 36.1 Å². The third kappa shape index (κ3) is 4.43. The standard InChI is InChI=1S/C15H16F2N4O2/c1-9-19-12(8-13(20-9)18-6-7-23-2)15(22)21-14-10(16)4-3-5-11(14)17/h3-5,8H,6-7H2,1-2H3,(H,21,22)(H,18,19,20). The summed E-state index contributed by atoms with van der Waals surface area (Å²) in [6, 6.07) is 4.73. The summed E-state index contributed by atoms with van der Waals surface area (Å²) in [6.07, 6.45) is 0. The molecule has 1 aromatic carbocycles. The maximum Gasteiger partial charge on any atom is 0.274 e. The molecular weight excluding hydrogens is 306 g/mol. The highest BCUT2D eigenvalue weighted by Gasteiger charge is 2.15. The van der Waals surface area contributed by atoms with Gasteiger partial charge < -0.3 is 15.4 Å². The minimum atomic E-state index is -0.859. The van der Waals surface area contributed by atoms with Gasteiger partial charge in [-0.3, -0.25) is 4.79 Å². The number of methoxy groups -OCH3 is 1. The van der Waals surface area contributed by atoms with Crippen LogP contribution >= 0.6 is 0 Å². The second-order valence-electron chi connectivity index (χ2n) is 4.66. The van der Waals surface area contributed by atoms with Crippen LogP contribution in [0.1, 0.15) is 16.3 Å². The monoisotopic (exact) mass is 322 g/mol. The van der Waals surface area contributed by atoms with E-state index in [-0.39, 0.29) is 5.69 Å². The Labute approximate surface area is 131 Å². The summed E-state index contributed by atoms with van der Waals surface area (Å²) >= 11 is 0. The van der Waals surface area contributed by atoms with Crippen LogP contribution in [-0.2, 0) is 4.74 Å². The first-order valence-corrected chi connectivity index (χ1v) is 6.85. The van der Waals surface area contributed by atoms with Crippen molar-refractivity contribution in [3.63, 3.8) is 0 Å². The molecule has 0 radical (unpaired) electrons. The summed E-state index contributed by atoms with van der Waals surface area (Å²) < 4.78 is 32.1. The molecule has 2 aromatic rings. The maximum absolute atomic E-state index is 13.6. The van der Waals surface area contributed by atoms with Crippen molar-refractivity contribution in [1.29, 1.82) is 0 Å². The third-order valence-corrected chi connectivity index (χ3v) is 2.88. The van der Waals surface area contributed by atoms with E-state index in [0.717, 1.165) is 12.1 Å². The van der Waals surface area contributed by atoms with E-state index in [1.165, 1.54) is 12.1 Å². The van der Waals surface area contributed by atoms with Crippen molar-refractivity contribution in [2.75, 3.05) is 30.9 Å². The molecule has 0 bridgehead atoms. The molecule has 0 saturated carbocycles. The van der Waals surface area contributed by atoms with Gasteiger partial charge in [-0.2, -0.15) is 0 Å². The van der Waals surface area contributed by atoms with Gasteiger partial charge in [0.1, 0.15) is 34.7 Å². The number of para-hydroxylation sites is 1. The Morgan fingerprint density at radius 3 is 2.61 bits per heavy atom. The Morgan fingerprint density at radius 2 is 1.96 bits per heavy atom. The van der Waals surface area contributed by atoms with Gasteiger partial charge in [0, 0.05) is 19.7 Å². The van der Waals surface area contributed by atoms with E-state index < -0.39 is 23.2 Å². The number of hydrogen-bond donors (Lipinski definition) is 2. The van der Waals surface area contributed by atoms with E-state index in [0.29, 0.717) is 24.8 Å². The molecule has 8 heteroatoms. The summed E-state index contributed by atoms with van der Waals surface area (Å²) in [5.41, 5.74) is -0.511. The van der Waals surface area contributed by atoms with Crippen molar-refractivity contribution in [3.8, 4) is 0 Å². The number of rotatable bonds is 6.